The fourth-order valence-electron chi connectivity index (χ4n) is 2.91. The second kappa shape index (κ2) is 7.89. The van der Waals surface area contributed by atoms with E-state index in [0.717, 1.165) is 16.7 Å². The van der Waals surface area contributed by atoms with Gasteiger partial charge >= 0.3 is 0 Å². The summed E-state index contributed by atoms with van der Waals surface area (Å²) in [4.78, 5) is 0. The highest BCUT2D eigenvalue weighted by Crippen LogP contribution is 2.35. The Labute approximate surface area is 162 Å². The number of nitrogens with zero attached hydrogens (tertiary/aromatic N) is 2. The van der Waals surface area contributed by atoms with Gasteiger partial charge in [0.1, 0.15) is 17.2 Å². The lowest BCUT2D eigenvalue weighted by atomic mass is 9.84. The van der Waals surface area contributed by atoms with Crippen molar-refractivity contribution >= 4 is 17.8 Å². The molecule has 0 bridgehead atoms. The summed E-state index contributed by atoms with van der Waals surface area (Å²) in [5.74, 6) is -0.625. The Kier molecular flexibility index (Phi) is 5.57. The maximum atomic E-state index is 13.4. The molecule has 0 saturated carbocycles. The summed E-state index contributed by atoms with van der Waals surface area (Å²) in [6.45, 7) is 1.96. The summed E-state index contributed by atoms with van der Waals surface area (Å²) in [7, 11) is 1.83. The van der Waals surface area contributed by atoms with E-state index in [1.54, 1.807) is 47.6 Å². The Morgan fingerprint density at radius 1 is 0.815 bits per heavy atom. The third kappa shape index (κ3) is 4.17. The van der Waals surface area contributed by atoms with E-state index < -0.39 is 5.54 Å². The first-order valence-electron chi connectivity index (χ1n) is 8.45. The van der Waals surface area contributed by atoms with Gasteiger partial charge in [0.25, 0.3) is 0 Å². The maximum absolute atomic E-state index is 13.4. The van der Waals surface area contributed by atoms with Crippen molar-refractivity contribution in [2.24, 2.45) is 5.10 Å². The second-order valence-corrected chi connectivity index (χ2v) is 6.84. The van der Waals surface area contributed by atoms with Gasteiger partial charge in [0.05, 0.1) is 6.21 Å². The summed E-state index contributed by atoms with van der Waals surface area (Å²) in [5, 5.41) is 7.01. The highest BCUT2D eigenvalue weighted by Gasteiger charge is 2.33. The fraction of sp³-hybridized carbons (Fsp3) is 0.136. The van der Waals surface area contributed by atoms with Crippen LogP contribution < -0.4 is 0 Å². The molecule has 0 spiro atoms. The molecule has 3 rings (SSSR count). The average molecular weight is 385 g/mol. The fourth-order valence-corrected chi connectivity index (χ4v) is 3.03. The molecule has 138 valence electrons. The van der Waals surface area contributed by atoms with Crippen molar-refractivity contribution in [2.45, 2.75) is 12.5 Å². The van der Waals surface area contributed by atoms with Gasteiger partial charge in [0, 0.05) is 12.1 Å². The van der Waals surface area contributed by atoms with E-state index >= 15 is 0 Å². The molecule has 3 aromatic carbocycles. The van der Waals surface area contributed by atoms with E-state index in [1.807, 2.05) is 26.1 Å². The quantitative estimate of drug-likeness (QED) is 0.398. The van der Waals surface area contributed by atoms with Gasteiger partial charge in [-0.15, -0.1) is 0 Å². The smallest absolute Gasteiger partial charge is 0.123 e. The number of hydrazone groups is 1. The van der Waals surface area contributed by atoms with Crippen molar-refractivity contribution in [3.8, 4) is 0 Å². The zero-order valence-electron chi connectivity index (χ0n) is 15.0. The van der Waals surface area contributed by atoms with Gasteiger partial charge in [-0.05, 0) is 60.0 Å². The molecule has 0 N–H and O–H groups in total. The van der Waals surface area contributed by atoms with Crippen LogP contribution >= 0.6 is 11.6 Å². The third-order valence-corrected chi connectivity index (χ3v) is 4.96. The molecule has 5 heteroatoms. The Balaban J connectivity index is 2.01. The van der Waals surface area contributed by atoms with Crippen molar-refractivity contribution in [1.29, 1.82) is 0 Å². The van der Waals surface area contributed by atoms with E-state index in [1.165, 1.54) is 24.3 Å². The average Bonchev–Trinajstić information content (AvgIpc) is 2.68. The summed E-state index contributed by atoms with van der Waals surface area (Å²) >= 11 is 5.92. The van der Waals surface area contributed by atoms with Gasteiger partial charge in [-0.3, -0.25) is 5.01 Å². The molecule has 0 unspecified atom stereocenters. The molecule has 0 aliphatic carbocycles. The molecule has 0 radical (unpaired) electrons. The van der Waals surface area contributed by atoms with Crippen molar-refractivity contribution in [3.63, 3.8) is 0 Å². The zero-order chi connectivity index (χ0) is 19.4. The summed E-state index contributed by atoms with van der Waals surface area (Å²) in [6.07, 6.45) is 1.72. The Hall–Kier alpha value is -2.72. The number of hydrogen-bond acceptors (Lipinski definition) is 2. The zero-order valence-corrected chi connectivity index (χ0v) is 15.8. The van der Waals surface area contributed by atoms with Gasteiger partial charge in [-0.25, -0.2) is 8.78 Å². The van der Waals surface area contributed by atoms with E-state index in [2.05, 4.69) is 5.10 Å². The lowest BCUT2D eigenvalue weighted by Gasteiger charge is -2.38. The summed E-state index contributed by atoms with van der Waals surface area (Å²) in [5.41, 5.74) is 1.86. The molecule has 0 aromatic heterocycles. The Bertz CT molecular complexity index is 875. The first-order chi connectivity index (χ1) is 12.9. The van der Waals surface area contributed by atoms with Crippen LogP contribution in [0.3, 0.4) is 0 Å². The van der Waals surface area contributed by atoms with Crippen LogP contribution in [-0.2, 0) is 5.54 Å². The number of hydrogen-bond donors (Lipinski definition) is 0. The van der Waals surface area contributed by atoms with Crippen LogP contribution in [0.15, 0.2) is 77.9 Å². The normalized spacial score (nSPS) is 11.7. The number of benzene rings is 3. The molecule has 0 amide bonds. The van der Waals surface area contributed by atoms with E-state index in [0.29, 0.717) is 5.02 Å². The second-order valence-electron chi connectivity index (χ2n) is 6.41. The minimum absolute atomic E-state index is 0.312. The van der Waals surface area contributed by atoms with Crippen molar-refractivity contribution in [3.05, 3.63) is 106 Å². The van der Waals surface area contributed by atoms with E-state index in [9.17, 15) is 8.78 Å². The highest BCUT2D eigenvalue weighted by atomic mass is 35.5. The van der Waals surface area contributed by atoms with Crippen LogP contribution in [0.2, 0.25) is 5.02 Å². The predicted molar refractivity (Wildman–Crippen MR) is 106 cm³/mol. The number of halogens is 3. The Morgan fingerprint density at radius 2 is 1.26 bits per heavy atom. The van der Waals surface area contributed by atoms with Crippen LogP contribution in [0, 0.1) is 11.6 Å². The summed E-state index contributed by atoms with van der Waals surface area (Å²) < 4.78 is 26.9. The van der Waals surface area contributed by atoms with Gasteiger partial charge < -0.3 is 0 Å². The lowest BCUT2D eigenvalue weighted by molar-refractivity contribution is 0.187. The summed E-state index contributed by atoms with van der Waals surface area (Å²) in [6, 6.07) is 19.8. The van der Waals surface area contributed by atoms with E-state index in [-0.39, 0.29) is 11.6 Å². The third-order valence-electron chi connectivity index (χ3n) is 4.71. The van der Waals surface area contributed by atoms with Crippen LogP contribution in [-0.4, -0.2) is 18.3 Å². The standard InChI is InChI=1S/C22H19ClF2N2/c1-22(17-5-11-20(24)12-6-17,18-7-13-21(25)14-8-18)27(2)26-15-16-3-9-19(23)10-4-16/h3-15H,1-2H3/b26-15+. The molecule has 0 aliphatic heterocycles. The molecule has 0 saturated heterocycles. The molecular formula is C22H19ClF2N2. The lowest BCUT2D eigenvalue weighted by Crippen LogP contribution is -2.39. The predicted octanol–water partition coefficient (Wildman–Crippen LogP) is 5.85. The van der Waals surface area contributed by atoms with E-state index in [4.69, 9.17) is 11.6 Å². The molecule has 0 heterocycles. The maximum Gasteiger partial charge on any atom is 0.123 e. The molecule has 27 heavy (non-hydrogen) atoms. The monoisotopic (exact) mass is 384 g/mol. The van der Waals surface area contributed by atoms with Crippen molar-refractivity contribution in [1.82, 2.24) is 5.01 Å². The van der Waals surface area contributed by atoms with Crippen molar-refractivity contribution in [2.75, 3.05) is 7.05 Å². The van der Waals surface area contributed by atoms with Gasteiger partial charge in [-0.1, -0.05) is 48.0 Å². The first kappa shape index (κ1) is 19.1. The largest absolute Gasteiger partial charge is 0.285 e. The first-order valence-corrected chi connectivity index (χ1v) is 8.83. The minimum atomic E-state index is -0.718. The molecule has 0 fully saturated rings. The molecule has 0 aliphatic rings. The topological polar surface area (TPSA) is 15.6 Å². The Morgan fingerprint density at radius 3 is 1.70 bits per heavy atom. The van der Waals surface area contributed by atoms with Crippen LogP contribution in [0.25, 0.3) is 0 Å². The highest BCUT2D eigenvalue weighted by molar-refractivity contribution is 6.30. The van der Waals surface area contributed by atoms with Gasteiger partial charge in [0.2, 0.25) is 0 Å². The SMILES string of the molecule is CN(/N=C/c1ccc(Cl)cc1)C(C)(c1ccc(F)cc1)c1ccc(F)cc1. The van der Waals surface area contributed by atoms with Crippen LogP contribution in [0.1, 0.15) is 23.6 Å². The van der Waals surface area contributed by atoms with Crippen molar-refractivity contribution < 1.29 is 8.78 Å². The van der Waals surface area contributed by atoms with Crippen LogP contribution in [0.5, 0.6) is 0 Å². The van der Waals surface area contributed by atoms with Crippen LogP contribution in [0.4, 0.5) is 8.78 Å². The molecule has 0 atom stereocenters. The van der Waals surface area contributed by atoms with Gasteiger partial charge in [-0.2, -0.15) is 5.10 Å². The molecule has 3 aromatic rings. The molecule has 2 nitrogen and oxygen atoms in total. The molecular weight excluding hydrogens is 366 g/mol. The minimum Gasteiger partial charge on any atom is -0.285 e. The number of rotatable bonds is 5. The van der Waals surface area contributed by atoms with Gasteiger partial charge in [0.15, 0.2) is 0 Å².